The maximum Gasteiger partial charge on any atom is 0.174 e. The van der Waals surface area contributed by atoms with Gasteiger partial charge in [0.15, 0.2) is 5.11 Å². The van der Waals surface area contributed by atoms with E-state index in [0.29, 0.717) is 10.8 Å². The Hall–Kier alpha value is -3.51. The Morgan fingerprint density at radius 2 is 1.63 bits per heavy atom. The summed E-state index contributed by atoms with van der Waals surface area (Å²) < 4.78 is 16.5. The third-order valence-electron chi connectivity index (χ3n) is 5.33. The third-order valence-corrected chi connectivity index (χ3v) is 5.64. The molecule has 6 heteroatoms. The standard InChI is InChI=1S/C24H19FN4S/c25-18-11-4-5-13-20(18)28-16-8-14-21(28)23-22(19-12-6-7-15-26-19)27-24(30)29(23)17-9-2-1-3-10-17/h1-16,22-23H,(H,27,30)/t22-,23+/m1/s1. The number of thiocarbonyl (C=S) groups is 1. The molecule has 1 saturated heterocycles. The molecule has 0 radical (unpaired) electrons. The SMILES string of the molecule is Fc1ccccc1-n1cccc1[C@H]1[C@@H](c2ccccn2)NC(=S)N1c1ccccc1. The summed E-state index contributed by atoms with van der Waals surface area (Å²) >= 11 is 5.74. The molecule has 148 valence electrons. The topological polar surface area (TPSA) is 33.1 Å². The Morgan fingerprint density at radius 1 is 0.867 bits per heavy atom. The van der Waals surface area contributed by atoms with Gasteiger partial charge in [0, 0.05) is 23.8 Å². The van der Waals surface area contributed by atoms with E-state index >= 15 is 0 Å². The van der Waals surface area contributed by atoms with E-state index in [1.807, 2.05) is 77.5 Å². The molecule has 0 spiro atoms. The number of pyridine rings is 1. The van der Waals surface area contributed by atoms with E-state index in [0.717, 1.165) is 17.1 Å². The van der Waals surface area contributed by atoms with Gasteiger partial charge in [0.1, 0.15) is 11.9 Å². The summed E-state index contributed by atoms with van der Waals surface area (Å²) in [5.74, 6) is -0.274. The molecule has 2 atom stereocenters. The second kappa shape index (κ2) is 7.72. The summed E-state index contributed by atoms with van der Waals surface area (Å²) in [5.41, 5.74) is 3.28. The highest BCUT2D eigenvalue weighted by Crippen LogP contribution is 2.42. The number of anilines is 1. The molecule has 5 rings (SSSR count). The highest BCUT2D eigenvalue weighted by atomic mass is 32.1. The molecule has 2 aromatic heterocycles. The first kappa shape index (κ1) is 18.5. The lowest BCUT2D eigenvalue weighted by Crippen LogP contribution is -2.30. The Labute approximate surface area is 179 Å². The number of hydrogen-bond acceptors (Lipinski definition) is 2. The molecule has 1 fully saturated rings. The van der Waals surface area contributed by atoms with Gasteiger partial charge in [0.05, 0.1) is 17.4 Å². The molecule has 2 aromatic carbocycles. The minimum absolute atomic E-state index is 0.181. The van der Waals surface area contributed by atoms with Crippen molar-refractivity contribution in [1.29, 1.82) is 0 Å². The van der Waals surface area contributed by atoms with Gasteiger partial charge in [0.2, 0.25) is 0 Å². The molecule has 4 aromatic rings. The van der Waals surface area contributed by atoms with Crippen LogP contribution in [0.3, 0.4) is 0 Å². The molecule has 1 aliphatic heterocycles. The van der Waals surface area contributed by atoms with Gasteiger partial charge in [-0.15, -0.1) is 0 Å². The molecule has 0 bridgehead atoms. The first-order valence-corrected chi connectivity index (χ1v) is 10.1. The molecule has 0 unspecified atom stereocenters. The van der Waals surface area contributed by atoms with Crippen molar-refractivity contribution in [3.8, 4) is 5.69 Å². The lowest BCUT2D eigenvalue weighted by Gasteiger charge is -2.29. The van der Waals surface area contributed by atoms with E-state index in [1.165, 1.54) is 6.07 Å². The quantitative estimate of drug-likeness (QED) is 0.466. The summed E-state index contributed by atoms with van der Waals surface area (Å²) in [7, 11) is 0. The van der Waals surface area contributed by atoms with Crippen LogP contribution in [0, 0.1) is 5.82 Å². The van der Waals surface area contributed by atoms with Gasteiger partial charge in [-0.25, -0.2) is 4.39 Å². The summed E-state index contributed by atoms with van der Waals surface area (Å²) in [5, 5.41) is 4.05. The van der Waals surface area contributed by atoms with Crippen molar-refractivity contribution in [1.82, 2.24) is 14.9 Å². The monoisotopic (exact) mass is 414 g/mol. The molecule has 3 heterocycles. The van der Waals surface area contributed by atoms with Crippen LogP contribution in [0.4, 0.5) is 10.1 Å². The van der Waals surface area contributed by atoms with Gasteiger partial charge >= 0.3 is 0 Å². The van der Waals surface area contributed by atoms with Crippen LogP contribution in [0.15, 0.2) is 97.3 Å². The molecule has 1 N–H and O–H groups in total. The smallest absolute Gasteiger partial charge is 0.174 e. The summed E-state index contributed by atoms with van der Waals surface area (Å²) in [6.07, 6.45) is 3.66. The minimum atomic E-state index is -0.274. The molecule has 0 saturated carbocycles. The Bertz CT molecular complexity index is 1180. The van der Waals surface area contributed by atoms with Crippen molar-refractivity contribution in [2.45, 2.75) is 12.1 Å². The molecule has 1 aliphatic rings. The fourth-order valence-corrected chi connectivity index (χ4v) is 4.37. The van der Waals surface area contributed by atoms with Crippen LogP contribution in [0.25, 0.3) is 5.69 Å². The number of halogens is 1. The number of para-hydroxylation sites is 2. The van der Waals surface area contributed by atoms with Gasteiger partial charge in [-0.2, -0.15) is 0 Å². The molecule has 0 aliphatic carbocycles. The molecular weight excluding hydrogens is 395 g/mol. The average molecular weight is 415 g/mol. The first-order valence-electron chi connectivity index (χ1n) is 9.72. The van der Waals surface area contributed by atoms with Crippen molar-refractivity contribution in [2.24, 2.45) is 0 Å². The molecule has 30 heavy (non-hydrogen) atoms. The van der Waals surface area contributed by atoms with E-state index < -0.39 is 0 Å². The lowest BCUT2D eigenvalue weighted by molar-refractivity contribution is 0.544. The number of nitrogens with one attached hydrogen (secondary N) is 1. The Balaban J connectivity index is 1.69. The van der Waals surface area contributed by atoms with E-state index in [9.17, 15) is 4.39 Å². The average Bonchev–Trinajstić information content (AvgIpc) is 3.39. The lowest BCUT2D eigenvalue weighted by atomic mass is 10.0. The van der Waals surface area contributed by atoms with Crippen LogP contribution >= 0.6 is 12.2 Å². The number of nitrogens with zero attached hydrogens (tertiary/aromatic N) is 3. The van der Waals surface area contributed by atoms with E-state index in [4.69, 9.17) is 12.2 Å². The zero-order valence-corrected chi connectivity index (χ0v) is 16.8. The molecule has 4 nitrogen and oxygen atoms in total. The highest BCUT2D eigenvalue weighted by molar-refractivity contribution is 7.80. The van der Waals surface area contributed by atoms with Crippen molar-refractivity contribution in [3.05, 3.63) is 115 Å². The van der Waals surface area contributed by atoms with Crippen LogP contribution in [0.1, 0.15) is 23.5 Å². The van der Waals surface area contributed by atoms with Gasteiger partial charge < -0.3 is 14.8 Å². The second-order valence-electron chi connectivity index (χ2n) is 7.09. The number of hydrogen-bond donors (Lipinski definition) is 1. The summed E-state index contributed by atoms with van der Waals surface area (Å²) in [6.45, 7) is 0. The van der Waals surface area contributed by atoms with Gasteiger partial charge in [-0.3, -0.25) is 4.98 Å². The van der Waals surface area contributed by atoms with Gasteiger partial charge in [-0.1, -0.05) is 36.4 Å². The Kier molecular flexibility index (Phi) is 4.77. The van der Waals surface area contributed by atoms with Crippen molar-refractivity contribution < 1.29 is 4.39 Å². The highest BCUT2D eigenvalue weighted by Gasteiger charge is 2.42. The van der Waals surface area contributed by atoms with Crippen LogP contribution in [-0.4, -0.2) is 14.7 Å². The van der Waals surface area contributed by atoms with E-state index in [-0.39, 0.29) is 17.9 Å². The zero-order chi connectivity index (χ0) is 20.5. The fraction of sp³-hybridized carbons (Fsp3) is 0.0833. The van der Waals surface area contributed by atoms with Crippen LogP contribution in [0.2, 0.25) is 0 Å². The van der Waals surface area contributed by atoms with E-state index in [2.05, 4.69) is 15.2 Å². The number of benzene rings is 2. The van der Waals surface area contributed by atoms with Gasteiger partial charge in [-0.05, 0) is 60.7 Å². The van der Waals surface area contributed by atoms with Crippen LogP contribution in [0.5, 0.6) is 0 Å². The van der Waals surface area contributed by atoms with Crippen molar-refractivity contribution >= 4 is 23.0 Å². The van der Waals surface area contributed by atoms with Crippen LogP contribution in [-0.2, 0) is 0 Å². The fourth-order valence-electron chi connectivity index (χ4n) is 4.02. The molecular formula is C24H19FN4S. The predicted molar refractivity (Wildman–Crippen MR) is 120 cm³/mol. The normalized spacial score (nSPS) is 18.4. The third kappa shape index (κ3) is 3.15. The maximum atomic E-state index is 14.6. The Morgan fingerprint density at radius 3 is 2.40 bits per heavy atom. The predicted octanol–water partition coefficient (Wildman–Crippen LogP) is 5.19. The van der Waals surface area contributed by atoms with Gasteiger partial charge in [0.25, 0.3) is 0 Å². The number of rotatable bonds is 4. The first-order chi connectivity index (χ1) is 14.7. The van der Waals surface area contributed by atoms with E-state index in [1.54, 1.807) is 18.3 Å². The maximum absolute atomic E-state index is 14.6. The van der Waals surface area contributed by atoms with Crippen molar-refractivity contribution in [3.63, 3.8) is 0 Å². The van der Waals surface area contributed by atoms with Crippen molar-refractivity contribution in [2.75, 3.05) is 4.90 Å². The zero-order valence-electron chi connectivity index (χ0n) is 16.0. The summed E-state index contributed by atoms with van der Waals surface area (Å²) in [4.78, 5) is 6.66. The summed E-state index contributed by atoms with van der Waals surface area (Å²) in [6, 6.07) is 26.2. The molecule has 0 amide bonds. The number of aromatic nitrogens is 2. The van der Waals surface area contributed by atoms with Crippen LogP contribution < -0.4 is 10.2 Å². The minimum Gasteiger partial charge on any atom is -0.351 e. The second-order valence-corrected chi connectivity index (χ2v) is 7.47. The largest absolute Gasteiger partial charge is 0.351 e.